The summed E-state index contributed by atoms with van der Waals surface area (Å²) in [5.41, 5.74) is 2.15. The van der Waals surface area contributed by atoms with Crippen LogP contribution in [-0.2, 0) is 0 Å². The summed E-state index contributed by atoms with van der Waals surface area (Å²) in [7, 11) is 0. The number of carbonyl (C=O) groups is 2. The molecule has 0 unspecified atom stereocenters. The Morgan fingerprint density at radius 1 is 0.714 bits per heavy atom. The number of hydrogen-bond acceptors (Lipinski definition) is 2. The van der Waals surface area contributed by atoms with Crippen molar-refractivity contribution < 1.29 is 9.59 Å². The van der Waals surface area contributed by atoms with Crippen molar-refractivity contribution >= 4 is 91.6 Å². The third kappa shape index (κ3) is 5.37. The van der Waals surface area contributed by atoms with Crippen molar-refractivity contribution in [2.45, 2.75) is 0 Å². The zero-order chi connectivity index (χ0) is 20.3. The van der Waals surface area contributed by atoms with Crippen LogP contribution in [0.4, 0.5) is 11.4 Å². The van der Waals surface area contributed by atoms with Gasteiger partial charge in [0.2, 0.25) is 0 Å². The van der Waals surface area contributed by atoms with Gasteiger partial charge < -0.3 is 10.6 Å². The quantitative estimate of drug-likeness (QED) is 0.313. The molecular weight excluding hydrogens is 625 g/mol. The summed E-state index contributed by atoms with van der Waals surface area (Å²) in [6.45, 7) is 0. The van der Waals surface area contributed by atoms with E-state index in [2.05, 4.69) is 55.8 Å². The Morgan fingerprint density at radius 3 is 1.86 bits per heavy atom. The molecule has 4 nitrogen and oxygen atoms in total. The van der Waals surface area contributed by atoms with E-state index in [1.54, 1.807) is 36.4 Å². The summed E-state index contributed by atoms with van der Waals surface area (Å²) in [5.74, 6) is -0.528. The molecule has 0 fully saturated rings. The fourth-order valence-corrected chi connectivity index (χ4v) is 3.94. The Kier molecular flexibility index (Phi) is 7.19. The van der Waals surface area contributed by atoms with Gasteiger partial charge in [-0.3, -0.25) is 9.59 Å². The van der Waals surface area contributed by atoms with Gasteiger partial charge >= 0.3 is 0 Å². The Hall–Kier alpha value is -1.36. The maximum atomic E-state index is 12.5. The molecule has 3 rings (SSSR count). The number of anilines is 2. The fraction of sp³-hybridized carbons (Fsp3) is 0. The van der Waals surface area contributed by atoms with Crippen LogP contribution in [0.5, 0.6) is 0 Å². The smallest absolute Gasteiger partial charge is 0.257 e. The molecular formula is C20H12Cl2I2N2O2. The van der Waals surface area contributed by atoms with Crippen molar-refractivity contribution in [1.29, 1.82) is 0 Å². The molecule has 0 radical (unpaired) electrons. The summed E-state index contributed by atoms with van der Waals surface area (Å²) < 4.78 is 1.86. The number of rotatable bonds is 4. The first-order chi connectivity index (χ1) is 13.3. The van der Waals surface area contributed by atoms with E-state index in [0.717, 1.165) is 7.14 Å². The van der Waals surface area contributed by atoms with Gasteiger partial charge in [-0.15, -0.1) is 0 Å². The molecule has 0 saturated carbocycles. The third-order valence-corrected chi connectivity index (χ3v) is 5.91. The topological polar surface area (TPSA) is 58.2 Å². The van der Waals surface area contributed by atoms with Crippen molar-refractivity contribution in [1.82, 2.24) is 0 Å². The van der Waals surface area contributed by atoms with Crippen molar-refractivity contribution in [3.05, 3.63) is 89.0 Å². The number of hydrogen-bond donors (Lipinski definition) is 2. The van der Waals surface area contributed by atoms with Crippen molar-refractivity contribution in [2.75, 3.05) is 10.6 Å². The second-order valence-corrected chi connectivity index (χ2v) is 8.99. The van der Waals surface area contributed by atoms with Crippen LogP contribution in [0.25, 0.3) is 0 Å². The van der Waals surface area contributed by atoms with Crippen LogP contribution < -0.4 is 10.6 Å². The second-order valence-electron chi connectivity index (χ2n) is 5.73. The first-order valence-electron chi connectivity index (χ1n) is 7.96. The first-order valence-corrected chi connectivity index (χ1v) is 10.9. The molecule has 28 heavy (non-hydrogen) atoms. The van der Waals surface area contributed by atoms with E-state index in [4.69, 9.17) is 23.2 Å². The van der Waals surface area contributed by atoms with E-state index in [1.807, 2.05) is 18.2 Å². The molecule has 0 aliphatic rings. The summed E-state index contributed by atoms with van der Waals surface area (Å²) in [6, 6.07) is 17.2. The molecule has 0 aliphatic carbocycles. The zero-order valence-corrected chi connectivity index (χ0v) is 19.9. The number of halogens is 4. The Morgan fingerprint density at radius 2 is 1.29 bits per heavy atom. The van der Waals surface area contributed by atoms with Gasteiger partial charge in [-0.2, -0.15) is 0 Å². The lowest BCUT2D eigenvalue weighted by atomic mass is 10.2. The zero-order valence-electron chi connectivity index (χ0n) is 14.1. The van der Waals surface area contributed by atoms with Crippen LogP contribution >= 0.6 is 68.4 Å². The predicted octanol–water partition coefficient (Wildman–Crippen LogP) is 6.71. The molecule has 2 amide bonds. The molecule has 3 aromatic carbocycles. The predicted molar refractivity (Wildman–Crippen MR) is 131 cm³/mol. The molecule has 2 N–H and O–H groups in total. The molecule has 0 atom stereocenters. The van der Waals surface area contributed by atoms with Crippen molar-refractivity contribution in [3.63, 3.8) is 0 Å². The normalized spacial score (nSPS) is 10.4. The Balaban J connectivity index is 1.68. The van der Waals surface area contributed by atoms with Crippen molar-refractivity contribution in [2.24, 2.45) is 0 Å². The number of amides is 2. The molecule has 8 heteroatoms. The molecule has 142 valence electrons. The summed E-state index contributed by atoms with van der Waals surface area (Å²) in [6.07, 6.45) is 0. The largest absolute Gasteiger partial charge is 0.322 e. The van der Waals surface area contributed by atoms with Gasteiger partial charge in [-0.1, -0.05) is 23.2 Å². The second kappa shape index (κ2) is 9.43. The fourth-order valence-electron chi connectivity index (χ4n) is 2.38. The van der Waals surface area contributed by atoms with Gasteiger partial charge in [0.05, 0.1) is 16.1 Å². The van der Waals surface area contributed by atoms with Gasteiger partial charge in [0, 0.05) is 23.5 Å². The monoisotopic (exact) mass is 636 g/mol. The van der Waals surface area contributed by atoms with Crippen LogP contribution in [-0.4, -0.2) is 11.8 Å². The standard InChI is InChI=1S/C20H12Cl2I2N2O2/c21-11-1-7-15(17(22)9-11)19(27)25-13-3-5-14(6-4-13)26-20(28)16-10-12(23)2-8-18(16)24/h1-10H,(H,25,27)(H,26,28). The lowest BCUT2D eigenvalue weighted by molar-refractivity contribution is 0.101. The Labute approximate surface area is 199 Å². The highest BCUT2D eigenvalue weighted by Gasteiger charge is 2.13. The third-order valence-electron chi connectivity index (χ3n) is 3.75. The highest BCUT2D eigenvalue weighted by Crippen LogP contribution is 2.23. The average molecular weight is 637 g/mol. The molecule has 0 heterocycles. The molecule has 0 spiro atoms. The summed E-state index contributed by atoms with van der Waals surface area (Å²) in [4.78, 5) is 24.8. The highest BCUT2D eigenvalue weighted by molar-refractivity contribution is 14.1. The maximum absolute atomic E-state index is 12.5. The van der Waals surface area contributed by atoms with E-state index in [9.17, 15) is 9.59 Å². The van der Waals surface area contributed by atoms with Crippen LogP contribution in [0.15, 0.2) is 60.7 Å². The number of carbonyl (C=O) groups excluding carboxylic acids is 2. The SMILES string of the molecule is O=C(Nc1ccc(NC(=O)c2cc(I)ccc2I)cc1)c1ccc(Cl)cc1Cl. The van der Waals surface area contributed by atoms with Crippen LogP contribution in [0.3, 0.4) is 0 Å². The summed E-state index contributed by atoms with van der Waals surface area (Å²) >= 11 is 16.2. The van der Waals surface area contributed by atoms with Crippen LogP contribution in [0, 0.1) is 7.14 Å². The van der Waals surface area contributed by atoms with Crippen LogP contribution in [0.1, 0.15) is 20.7 Å². The van der Waals surface area contributed by atoms with Gasteiger partial charge in [-0.05, 0) is 106 Å². The minimum atomic E-state index is -0.341. The molecule has 3 aromatic rings. The van der Waals surface area contributed by atoms with Crippen molar-refractivity contribution in [3.8, 4) is 0 Å². The first kappa shape index (κ1) is 21.4. The van der Waals surface area contributed by atoms with E-state index in [-0.39, 0.29) is 16.8 Å². The highest BCUT2D eigenvalue weighted by atomic mass is 127. The maximum Gasteiger partial charge on any atom is 0.257 e. The number of benzene rings is 3. The molecule has 0 saturated heterocycles. The van der Waals surface area contributed by atoms with Gasteiger partial charge in [0.15, 0.2) is 0 Å². The molecule has 0 aromatic heterocycles. The van der Waals surface area contributed by atoms with Gasteiger partial charge in [0.25, 0.3) is 11.8 Å². The van der Waals surface area contributed by atoms with E-state index >= 15 is 0 Å². The minimum absolute atomic E-state index is 0.187. The average Bonchev–Trinajstić information content (AvgIpc) is 2.65. The molecule has 0 bridgehead atoms. The Bertz CT molecular complexity index is 1060. The lowest BCUT2D eigenvalue weighted by Crippen LogP contribution is -2.14. The minimum Gasteiger partial charge on any atom is -0.322 e. The van der Waals surface area contributed by atoms with Crippen LogP contribution in [0.2, 0.25) is 10.0 Å². The van der Waals surface area contributed by atoms with E-state index < -0.39 is 0 Å². The van der Waals surface area contributed by atoms with Gasteiger partial charge in [-0.25, -0.2) is 0 Å². The lowest BCUT2D eigenvalue weighted by Gasteiger charge is -2.10. The molecule has 0 aliphatic heterocycles. The summed E-state index contributed by atoms with van der Waals surface area (Å²) in [5, 5.41) is 6.37. The van der Waals surface area contributed by atoms with E-state index in [1.165, 1.54) is 6.07 Å². The van der Waals surface area contributed by atoms with Gasteiger partial charge in [0.1, 0.15) is 0 Å². The van der Waals surface area contributed by atoms with E-state index in [0.29, 0.717) is 27.5 Å². The number of nitrogens with one attached hydrogen (secondary N) is 2.